The first-order chi connectivity index (χ1) is 5.86. The average Bonchev–Trinajstić information content (AvgIpc) is 2.15. The van der Waals surface area contributed by atoms with E-state index >= 15 is 0 Å². The van der Waals surface area contributed by atoms with Crippen LogP contribution >= 0.6 is 0 Å². The van der Waals surface area contributed by atoms with Gasteiger partial charge in [0.2, 0.25) is 0 Å². The summed E-state index contributed by atoms with van der Waals surface area (Å²) in [6, 6.07) is 4.07. The molecule has 0 fully saturated rings. The third-order valence-corrected chi connectivity index (χ3v) is 1.63. The molecule has 0 unspecified atom stereocenters. The second-order valence-corrected chi connectivity index (χ2v) is 2.55. The van der Waals surface area contributed by atoms with E-state index in [1.165, 1.54) is 5.56 Å². The molecule has 0 aromatic carbocycles. The first-order valence-corrected chi connectivity index (χ1v) is 4.19. The third kappa shape index (κ3) is 2.38. The van der Waals surface area contributed by atoms with Gasteiger partial charge < -0.3 is 5.32 Å². The van der Waals surface area contributed by atoms with Crippen molar-refractivity contribution in [3.63, 3.8) is 0 Å². The normalized spacial score (nSPS) is 10.5. The molecule has 12 heavy (non-hydrogen) atoms. The van der Waals surface area contributed by atoms with Crippen LogP contribution in [0.3, 0.4) is 0 Å². The molecule has 2 nitrogen and oxygen atoms in total. The van der Waals surface area contributed by atoms with E-state index in [0.29, 0.717) is 0 Å². The highest BCUT2D eigenvalue weighted by atomic mass is 15.0. The Bertz CT molecular complexity index is 249. The van der Waals surface area contributed by atoms with Gasteiger partial charge in [0, 0.05) is 6.20 Å². The minimum atomic E-state index is 0.894. The van der Waals surface area contributed by atoms with Crippen LogP contribution in [0.1, 0.15) is 19.4 Å². The zero-order valence-electron chi connectivity index (χ0n) is 7.54. The Morgan fingerprint density at radius 3 is 2.83 bits per heavy atom. The van der Waals surface area contributed by atoms with Gasteiger partial charge in [-0.3, -0.25) is 0 Å². The largest absolute Gasteiger partial charge is 0.347 e. The van der Waals surface area contributed by atoms with Gasteiger partial charge in [0.25, 0.3) is 0 Å². The number of hydrogen-bond acceptors (Lipinski definition) is 2. The summed E-state index contributed by atoms with van der Waals surface area (Å²) in [6.45, 7) is 4.09. The highest BCUT2D eigenvalue weighted by Gasteiger charge is 1.90. The summed E-state index contributed by atoms with van der Waals surface area (Å²) in [7, 11) is 0. The lowest BCUT2D eigenvalue weighted by atomic mass is 10.2. The first kappa shape index (κ1) is 8.78. The predicted octanol–water partition coefficient (Wildman–Crippen LogP) is 2.59. The Kier molecular flexibility index (Phi) is 3.33. The van der Waals surface area contributed by atoms with Crippen LogP contribution in [0.5, 0.6) is 0 Å². The zero-order chi connectivity index (χ0) is 8.81. The fourth-order valence-electron chi connectivity index (χ4n) is 0.888. The maximum atomic E-state index is 4.22. The van der Waals surface area contributed by atoms with Crippen molar-refractivity contribution in [2.45, 2.75) is 20.3 Å². The van der Waals surface area contributed by atoms with Crippen LogP contribution in [0.2, 0.25) is 0 Å². The topological polar surface area (TPSA) is 24.9 Å². The van der Waals surface area contributed by atoms with Crippen molar-refractivity contribution in [3.05, 3.63) is 36.2 Å². The fraction of sp³-hybridized carbons (Fsp3) is 0.300. The smallest absolute Gasteiger partial charge is 0.129 e. The summed E-state index contributed by atoms with van der Waals surface area (Å²) in [6.07, 6.45) is 6.74. The fourth-order valence-corrected chi connectivity index (χ4v) is 0.888. The predicted molar refractivity (Wildman–Crippen MR) is 52.1 cm³/mol. The second-order valence-electron chi connectivity index (χ2n) is 2.55. The van der Waals surface area contributed by atoms with E-state index in [2.05, 4.69) is 23.3 Å². The Morgan fingerprint density at radius 1 is 1.50 bits per heavy atom. The quantitative estimate of drug-likeness (QED) is 0.739. The van der Waals surface area contributed by atoms with E-state index in [9.17, 15) is 0 Å². The van der Waals surface area contributed by atoms with Crippen LogP contribution in [0.4, 0.5) is 5.82 Å². The minimum Gasteiger partial charge on any atom is -0.347 e. The molecule has 0 amide bonds. The minimum absolute atomic E-state index is 0.894. The lowest BCUT2D eigenvalue weighted by molar-refractivity contribution is 1.10. The van der Waals surface area contributed by atoms with Crippen LogP contribution in [-0.2, 0) is 6.42 Å². The van der Waals surface area contributed by atoms with Gasteiger partial charge in [-0.2, -0.15) is 0 Å². The highest BCUT2D eigenvalue weighted by Crippen LogP contribution is 2.04. The van der Waals surface area contributed by atoms with Crippen molar-refractivity contribution < 1.29 is 0 Å². The van der Waals surface area contributed by atoms with Crippen molar-refractivity contribution in [2.75, 3.05) is 5.32 Å². The number of allylic oxidation sites excluding steroid dienone is 1. The van der Waals surface area contributed by atoms with Gasteiger partial charge in [-0.25, -0.2) is 4.98 Å². The number of anilines is 1. The van der Waals surface area contributed by atoms with Gasteiger partial charge >= 0.3 is 0 Å². The second kappa shape index (κ2) is 4.54. The number of nitrogens with zero attached hydrogens (tertiary/aromatic N) is 1. The molecule has 0 radical (unpaired) electrons. The Hall–Kier alpha value is -1.31. The van der Waals surface area contributed by atoms with Gasteiger partial charge in [-0.1, -0.05) is 19.1 Å². The molecular formula is C10H14N2. The molecule has 1 aromatic rings. The average molecular weight is 162 g/mol. The maximum absolute atomic E-state index is 4.22. The number of aryl methyl sites for hydroxylation is 1. The summed E-state index contributed by atoms with van der Waals surface area (Å²) >= 11 is 0. The first-order valence-electron chi connectivity index (χ1n) is 4.19. The molecule has 0 atom stereocenters. The molecule has 0 saturated carbocycles. The van der Waals surface area contributed by atoms with Gasteiger partial charge in [0.15, 0.2) is 0 Å². The van der Waals surface area contributed by atoms with E-state index < -0.39 is 0 Å². The van der Waals surface area contributed by atoms with Crippen LogP contribution in [0.25, 0.3) is 0 Å². The van der Waals surface area contributed by atoms with Crippen LogP contribution in [0, 0.1) is 0 Å². The monoisotopic (exact) mass is 162 g/mol. The van der Waals surface area contributed by atoms with Gasteiger partial charge in [-0.05, 0) is 31.2 Å². The van der Waals surface area contributed by atoms with Crippen molar-refractivity contribution in [3.8, 4) is 0 Å². The van der Waals surface area contributed by atoms with Crippen molar-refractivity contribution in [1.29, 1.82) is 0 Å². The molecule has 0 aliphatic rings. The van der Waals surface area contributed by atoms with E-state index in [4.69, 9.17) is 0 Å². The Labute approximate surface area is 73.3 Å². The molecule has 0 bridgehead atoms. The number of rotatable bonds is 3. The molecule has 1 rings (SSSR count). The number of hydrogen-bond donors (Lipinski definition) is 1. The van der Waals surface area contributed by atoms with E-state index in [-0.39, 0.29) is 0 Å². The van der Waals surface area contributed by atoms with Crippen molar-refractivity contribution >= 4 is 5.82 Å². The summed E-state index contributed by atoms with van der Waals surface area (Å²) < 4.78 is 0. The standard InChI is InChI=1S/C10H14N2/c1-3-7-11-10-6-5-9(4-2)8-12-10/h3,5-8H,4H2,1-2H3,(H,11,12). The van der Waals surface area contributed by atoms with E-state index in [0.717, 1.165) is 12.2 Å². The molecule has 0 aliphatic carbocycles. The van der Waals surface area contributed by atoms with Crippen molar-refractivity contribution in [1.82, 2.24) is 4.98 Å². The summed E-state index contributed by atoms with van der Waals surface area (Å²) in [5, 5.41) is 3.05. The molecule has 0 spiro atoms. The number of pyridine rings is 1. The maximum Gasteiger partial charge on any atom is 0.129 e. The van der Waals surface area contributed by atoms with Gasteiger partial charge in [0.1, 0.15) is 5.82 Å². The molecule has 1 heterocycles. The molecule has 1 N–H and O–H groups in total. The van der Waals surface area contributed by atoms with Crippen LogP contribution < -0.4 is 5.32 Å². The van der Waals surface area contributed by atoms with Gasteiger partial charge in [0.05, 0.1) is 0 Å². The summed E-state index contributed by atoms with van der Waals surface area (Å²) in [4.78, 5) is 4.22. The van der Waals surface area contributed by atoms with Crippen molar-refractivity contribution in [2.24, 2.45) is 0 Å². The Balaban J connectivity index is 2.64. The zero-order valence-corrected chi connectivity index (χ0v) is 7.54. The Morgan fingerprint density at radius 2 is 2.33 bits per heavy atom. The highest BCUT2D eigenvalue weighted by molar-refractivity contribution is 5.38. The van der Waals surface area contributed by atoms with Crippen LogP contribution in [0.15, 0.2) is 30.6 Å². The molecule has 1 aromatic heterocycles. The molecule has 0 aliphatic heterocycles. The van der Waals surface area contributed by atoms with Crippen LogP contribution in [-0.4, -0.2) is 4.98 Å². The molecule has 64 valence electrons. The lowest BCUT2D eigenvalue weighted by Gasteiger charge is -1.99. The molecule has 0 saturated heterocycles. The number of nitrogens with one attached hydrogen (secondary N) is 1. The molecule has 2 heteroatoms. The third-order valence-electron chi connectivity index (χ3n) is 1.63. The number of aromatic nitrogens is 1. The van der Waals surface area contributed by atoms with Gasteiger partial charge in [-0.15, -0.1) is 0 Å². The van der Waals surface area contributed by atoms with E-state index in [1.807, 2.05) is 31.5 Å². The summed E-state index contributed by atoms with van der Waals surface area (Å²) in [5.41, 5.74) is 1.26. The molecular weight excluding hydrogens is 148 g/mol. The summed E-state index contributed by atoms with van der Waals surface area (Å²) in [5.74, 6) is 0.894. The van der Waals surface area contributed by atoms with E-state index in [1.54, 1.807) is 0 Å². The lowest BCUT2D eigenvalue weighted by Crippen LogP contribution is -1.91. The SMILES string of the molecule is CC=CNc1ccc(CC)cn1.